The molecule has 1 N–H and O–H groups in total. The monoisotopic (exact) mass is 515 g/mol. The van der Waals surface area contributed by atoms with Gasteiger partial charge in [0.25, 0.3) is 0 Å². The Morgan fingerprint density at radius 2 is 1.84 bits per heavy atom. The Balaban J connectivity index is 1.31. The van der Waals surface area contributed by atoms with Gasteiger partial charge in [0.1, 0.15) is 5.75 Å². The number of hydrogen-bond donors (Lipinski definition) is 1. The fourth-order valence-electron chi connectivity index (χ4n) is 5.19. The van der Waals surface area contributed by atoms with Gasteiger partial charge in [-0.3, -0.25) is 9.69 Å². The van der Waals surface area contributed by atoms with Gasteiger partial charge in [0, 0.05) is 46.5 Å². The van der Waals surface area contributed by atoms with Crippen molar-refractivity contribution in [2.45, 2.75) is 39.2 Å². The van der Waals surface area contributed by atoms with Crippen LogP contribution in [0, 0.1) is 5.92 Å². The number of ether oxygens (including phenoxy) is 1. The summed E-state index contributed by atoms with van der Waals surface area (Å²) in [5, 5.41) is 4.99. The molecule has 37 heavy (non-hydrogen) atoms. The Bertz CT molecular complexity index is 1400. The number of nitrogens with one attached hydrogen (secondary N) is 1. The second-order valence-corrected chi connectivity index (χ2v) is 10.6. The smallest absolute Gasteiger partial charge is 0.226 e. The second kappa shape index (κ2) is 11.0. The van der Waals surface area contributed by atoms with Crippen LogP contribution in [0.4, 0.5) is 5.69 Å². The van der Waals surface area contributed by atoms with Gasteiger partial charge in [-0.15, -0.1) is 0 Å². The molecule has 2 heterocycles. The van der Waals surface area contributed by atoms with Crippen molar-refractivity contribution in [3.05, 3.63) is 89.1 Å². The van der Waals surface area contributed by atoms with Crippen molar-refractivity contribution < 1.29 is 9.53 Å². The summed E-state index contributed by atoms with van der Waals surface area (Å²) in [4.78, 5) is 14.7. The van der Waals surface area contributed by atoms with Crippen molar-refractivity contribution >= 4 is 34.1 Å². The first kappa shape index (κ1) is 25.4. The van der Waals surface area contributed by atoms with Crippen LogP contribution in [0.3, 0.4) is 0 Å². The lowest BCUT2D eigenvalue weighted by Crippen LogP contribution is -2.32. The van der Waals surface area contributed by atoms with E-state index in [1.54, 1.807) is 7.11 Å². The number of nitrogens with zero attached hydrogens (tertiary/aromatic N) is 2. The van der Waals surface area contributed by atoms with Crippen LogP contribution < -0.4 is 10.1 Å². The van der Waals surface area contributed by atoms with Crippen LogP contribution in [0.1, 0.15) is 43.7 Å². The molecule has 0 radical (unpaired) electrons. The van der Waals surface area contributed by atoms with Crippen molar-refractivity contribution in [2.75, 3.05) is 25.5 Å². The highest BCUT2D eigenvalue weighted by Crippen LogP contribution is 2.33. The molecule has 0 spiro atoms. The van der Waals surface area contributed by atoms with E-state index in [2.05, 4.69) is 51.3 Å². The summed E-state index contributed by atoms with van der Waals surface area (Å²) in [6.07, 6.45) is 4.44. The van der Waals surface area contributed by atoms with Gasteiger partial charge in [-0.1, -0.05) is 49.7 Å². The number of fused-ring (bicyclic) bond motifs is 1. The lowest BCUT2D eigenvalue weighted by molar-refractivity contribution is -0.118. The van der Waals surface area contributed by atoms with Crippen LogP contribution in [0.5, 0.6) is 5.75 Å². The molecule has 3 aromatic carbocycles. The fraction of sp³-hybridized carbons (Fsp3) is 0.323. The molecule has 1 aliphatic rings. The maximum atomic E-state index is 12.1. The summed E-state index contributed by atoms with van der Waals surface area (Å²) in [7, 11) is 1.69. The maximum absolute atomic E-state index is 12.1. The van der Waals surface area contributed by atoms with Gasteiger partial charge in [0.2, 0.25) is 5.91 Å². The molecule has 5 nitrogen and oxygen atoms in total. The van der Waals surface area contributed by atoms with E-state index in [0.29, 0.717) is 5.92 Å². The first-order chi connectivity index (χ1) is 17.9. The zero-order chi connectivity index (χ0) is 25.9. The molecular weight excluding hydrogens is 482 g/mol. The fourth-order valence-corrected chi connectivity index (χ4v) is 5.36. The first-order valence-electron chi connectivity index (χ1n) is 13.0. The molecule has 6 heteroatoms. The second-order valence-electron chi connectivity index (χ2n) is 10.2. The van der Waals surface area contributed by atoms with Crippen LogP contribution in [0.25, 0.3) is 16.6 Å². The van der Waals surface area contributed by atoms with Gasteiger partial charge in [0.05, 0.1) is 12.6 Å². The molecule has 0 atom stereocenters. The minimum atomic E-state index is -0.0298. The van der Waals surface area contributed by atoms with E-state index in [4.69, 9.17) is 16.3 Å². The summed E-state index contributed by atoms with van der Waals surface area (Å²) < 4.78 is 7.67. The predicted octanol–water partition coefficient (Wildman–Crippen LogP) is 7.27. The molecule has 0 bridgehead atoms. The highest BCUT2D eigenvalue weighted by Gasteiger charge is 2.22. The lowest BCUT2D eigenvalue weighted by Gasteiger charge is -2.32. The molecule has 1 amide bonds. The van der Waals surface area contributed by atoms with Crippen molar-refractivity contribution in [3.63, 3.8) is 0 Å². The van der Waals surface area contributed by atoms with Crippen molar-refractivity contribution in [3.8, 4) is 11.4 Å². The number of piperidine rings is 1. The molecule has 0 aliphatic carbocycles. The quantitative estimate of drug-likeness (QED) is 0.281. The average molecular weight is 516 g/mol. The van der Waals surface area contributed by atoms with E-state index in [1.807, 2.05) is 50.2 Å². The van der Waals surface area contributed by atoms with E-state index >= 15 is 0 Å². The maximum Gasteiger partial charge on any atom is 0.226 e. The first-order valence-corrected chi connectivity index (χ1v) is 13.4. The number of amides is 1. The van der Waals surface area contributed by atoms with Crippen molar-refractivity contribution in [2.24, 2.45) is 5.92 Å². The number of benzene rings is 3. The number of rotatable bonds is 7. The molecular formula is C31H34ClN3O2. The molecule has 192 valence electrons. The number of carbonyl (C=O) groups excluding carboxylic acids is 1. The highest BCUT2D eigenvalue weighted by atomic mass is 35.5. The molecule has 0 unspecified atom stereocenters. The normalized spacial score (nSPS) is 14.8. The number of halogens is 1. The van der Waals surface area contributed by atoms with Crippen LogP contribution in [0.2, 0.25) is 5.02 Å². The topological polar surface area (TPSA) is 46.5 Å². The summed E-state index contributed by atoms with van der Waals surface area (Å²) in [5.74, 6) is 1.36. The number of carbonyl (C=O) groups is 1. The van der Waals surface area contributed by atoms with Gasteiger partial charge in [-0.2, -0.15) is 0 Å². The molecule has 5 rings (SSSR count). The Hall–Kier alpha value is -3.28. The van der Waals surface area contributed by atoms with Crippen LogP contribution in [-0.2, 0) is 11.3 Å². The van der Waals surface area contributed by atoms with Gasteiger partial charge < -0.3 is 14.6 Å². The van der Waals surface area contributed by atoms with Gasteiger partial charge in [-0.05, 0) is 79.4 Å². The Morgan fingerprint density at radius 1 is 1.05 bits per heavy atom. The van der Waals surface area contributed by atoms with Crippen molar-refractivity contribution in [1.82, 2.24) is 9.47 Å². The number of anilines is 1. The SMILES string of the molecule is COc1cccc(-n2cc(CN3CCC(c4cccc(NC(=O)C(C)C)c4)CC3)c3ccc(Cl)cc32)c1. The summed E-state index contributed by atoms with van der Waals surface area (Å²) in [6.45, 7) is 6.79. The zero-order valence-corrected chi connectivity index (χ0v) is 22.5. The lowest BCUT2D eigenvalue weighted by atomic mass is 9.89. The summed E-state index contributed by atoms with van der Waals surface area (Å²) in [6, 6.07) is 22.6. The number of hydrogen-bond acceptors (Lipinski definition) is 3. The van der Waals surface area contributed by atoms with E-state index in [1.165, 1.54) is 16.5 Å². The Morgan fingerprint density at radius 3 is 2.59 bits per heavy atom. The standard InChI is InChI=1S/C31H34ClN3O2/c1-21(2)31(36)33-26-7-4-6-23(16-26)22-12-14-34(15-13-22)19-24-20-35(27-8-5-9-28(18-27)37-3)30-17-25(32)10-11-29(24)30/h4-11,16-18,20-22H,12-15,19H2,1-3H3,(H,33,36). The van der Waals surface area contributed by atoms with E-state index in [9.17, 15) is 4.79 Å². The molecule has 0 saturated carbocycles. The predicted molar refractivity (Wildman–Crippen MR) is 152 cm³/mol. The number of methoxy groups -OCH3 is 1. The minimum absolute atomic E-state index is 0.0298. The third-order valence-electron chi connectivity index (χ3n) is 7.31. The molecule has 1 aromatic heterocycles. The summed E-state index contributed by atoms with van der Waals surface area (Å²) in [5.41, 5.74) is 5.66. The van der Waals surface area contributed by atoms with Crippen molar-refractivity contribution in [1.29, 1.82) is 0 Å². The largest absolute Gasteiger partial charge is 0.497 e. The average Bonchev–Trinajstić information content (AvgIpc) is 3.26. The Kier molecular flexibility index (Phi) is 7.54. The zero-order valence-electron chi connectivity index (χ0n) is 21.7. The summed E-state index contributed by atoms with van der Waals surface area (Å²) >= 11 is 6.39. The van der Waals surface area contributed by atoms with Crippen LogP contribution >= 0.6 is 11.6 Å². The van der Waals surface area contributed by atoms with E-state index in [0.717, 1.165) is 60.1 Å². The number of likely N-dealkylation sites (tertiary alicyclic amines) is 1. The van der Waals surface area contributed by atoms with E-state index in [-0.39, 0.29) is 11.8 Å². The Labute approximate surface area is 224 Å². The molecule has 1 fully saturated rings. The third-order valence-corrected chi connectivity index (χ3v) is 7.55. The minimum Gasteiger partial charge on any atom is -0.497 e. The van der Waals surface area contributed by atoms with Gasteiger partial charge in [0.15, 0.2) is 0 Å². The van der Waals surface area contributed by atoms with Crippen LogP contribution in [0.15, 0.2) is 72.9 Å². The van der Waals surface area contributed by atoms with Gasteiger partial charge in [-0.25, -0.2) is 0 Å². The van der Waals surface area contributed by atoms with E-state index < -0.39 is 0 Å². The number of aromatic nitrogens is 1. The third kappa shape index (κ3) is 5.68. The molecule has 4 aromatic rings. The van der Waals surface area contributed by atoms with Crippen LogP contribution in [-0.4, -0.2) is 35.6 Å². The highest BCUT2D eigenvalue weighted by molar-refractivity contribution is 6.31. The van der Waals surface area contributed by atoms with Gasteiger partial charge >= 0.3 is 0 Å². The molecule has 1 saturated heterocycles. The molecule has 1 aliphatic heterocycles.